The molecule has 0 aliphatic heterocycles. The fraction of sp³-hybridized carbons (Fsp3) is 0.211. The van der Waals surface area contributed by atoms with Crippen molar-refractivity contribution in [1.29, 1.82) is 0 Å². The molecule has 0 unspecified atom stereocenters. The van der Waals surface area contributed by atoms with E-state index in [0.717, 1.165) is 29.6 Å². The average molecular weight is 342 g/mol. The molecule has 5 heteroatoms. The molecule has 0 atom stereocenters. The van der Waals surface area contributed by atoms with Crippen molar-refractivity contribution in [2.75, 3.05) is 18.4 Å². The zero-order valence-corrected chi connectivity index (χ0v) is 14.1. The standard InChI is InChI=1S/C19H20ClN3O/c20-16-8-7-15-9-12-23(18(15)13-16)14-19(24)22-11-4-10-21-17-5-2-1-3-6-17/h1-3,5-9,12-13,21H,4,10-11,14H2,(H,22,24). The second kappa shape index (κ2) is 7.88. The molecule has 2 N–H and O–H groups in total. The van der Waals surface area contributed by atoms with E-state index in [1.54, 1.807) is 0 Å². The number of anilines is 1. The molecule has 3 aromatic rings. The summed E-state index contributed by atoms with van der Waals surface area (Å²) in [4.78, 5) is 12.1. The highest BCUT2D eigenvalue weighted by atomic mass is 35.5. The highest BCUT2D eigenvalue weighted by Crippen LogP contribution is 2.20. The highest BCUT2D eigenvalue weighted by Gasteiger charge is 2.06. The van der Waals surface area contributed by atoms with Gasteiger partial charge in [-0.1, -0.05) is 35.9 Å². The van der Waals surface area contributed by atoms with Gasteiger partial charge in [-0.05, 0) is 42.1 Å². The number of para-hydroxylation sites is 1. The van der Waals surface area contributed by atoms with E-state index >= 15 is 0 Å². The van der Waals surface area contributed by atoms with Gasteiger partial charge in [0.15, 0.2) is 0 Å². The number of nitrogens with one attached hydrogen (secondary N) is 2. The zero-order valence-electron chi connectivity index (χ0n) is 13.3. The Morgan fingerprint density at radius 3 is 2.71 bits per heavy atom. The molecule has 3 rings (SSSR count). The third-order valence-corrected chi connectivity index (χ3v) is 4.06. The molecule has 0 bridgehead atoms. The van der Waals surface area contributed by atoms with Crippen molar-refractivity contribution in [1.82, 2.24) is 9.88 Å². The second-order valence-electron chi connectivity index (χ2n) is 5.64. The van der Waals surface area contributed by atoms with E-state index in [0.29, 0.717) is 18.1 Å². The first-order valence-electron chi connectivity index (χ1n) is 8.02. The van der Waals surface area contributed by atoms with Crippen LogP contribution in [0.3, 0.4) is 0 Å². The SMILES string of the molecule is O=C(Cn1ccc2ccc(Cl)cc21)NCCCNc1ccccc1. The smallest absolute Gasteiger partial charge is 0.239 e. The molecule has 2 aromatic carbocycles. The Balaban J connectivity index is 1.43. The van der Waals surface area contributed by atoms with Crippen LogP contribution in [0.1, 0.15) is 6.42 Å². The van der Waals surface area contributed by atoms with Crippen LogP contribution in [0.4, 0.5) is 5.69 Å². The van der Waals surface area contributed by atoms with Crippen molar-refractivity contribution in [3.8, 4) is 0 Å². The first-order chi connectivity index (χ1) is 11.7. The Bertz CT molecular complexity index is 814. The summed E-state index contributed by atoms with van der Waals surface area (Å²) in [5, 5.41) is 8.04. The van der Waals surface area contributed by atoms with Crippen molar-refractivity contribution in [2.45, 2.75) is 13.0 Å². The van der Waals surface area contributed by atoms with Crippen LogP contribution < -0.4 is 10.6 Å². The minimum Gasteiger partial charge on any atom is -0.385 e. The number of benzene rings is 2. The maximum absolute atomic E-state index is 12.1. The summed E-state index contributed by atoms with van der Waals surface area (Å²) in [6.07, 6.45) is 2.79. The summed E-state index contributed by atoms with van der Waals surface area (Å²) in [5.41, 5.74) is 2.07. The molecule has 4 nitrogen and oxygen atoms in total. The Hall–Kier alpha value is -2.46. The van der Waals surface area contributed by atoms with E-state index in [2.05, 4.69) is 10.6 Å². The van der Waals surface area contributed by atoms with Gasteiger partial charge in [0, 0.05) is 35.5 Å². The van der Waals surface area contributed by atoms with Crippen molar-refractivity contribution >= 4 is 34.1 Å². The van der Waals surface area contributed by atoms with E-state index in [9.17, 15) is 4.79 Å². The van der Waals surface area contributed by atoms with Gasteiger partial charge in [-0.25, -0.2) is 0 Å². The van der Waals surface area contributed by atoms with Crippen LogP contribution in [0.15, 0.2) is 60.8 Å². The monoisotopic (exact) mass is 341 g/mol. The number of rotatable bonds is 7. The number of hydrogen-bond acceptors (Lipinski definition) is 2. The Morgan fingerprint density at radius 1 is 1.04 bits per heavy atom. The van der Waals surface area contributed by atoms with E-state index in [4.69, 9.17) is 11.6 Å². The third-order valence-electron chi connectivity index (χ3n) is 3.83. The number of amides is 1. The number of halogens is 1. The molecule has 124 valence electrons. The van der Waals surface area contributed by atoms with Gasteiger partial charge in [0.2, 0.25) is 5.91 Å². The van der Waals surface area contributed by atoms with Crippen molar-refractivity contribution < 1.29 is 4.79 Å². The van der Waals surface area contributed by atoms with Crippen LogP contribution in [0.25, 0.3) is 10.9 Å². The van der Waals surface area contributed by atoms with Crippen LogP contribution in [-0.2, 0) is 11.3 Å². The summed E-state index contributed by atoms with van der Waals surface area (Å²) in [5.74, 6) is 0.00665. The fourth-order valence-electron chi connectivity index (χ4n) is 2.61. The molecule has 0 saturated heterocycles. The van der Waals surface area contributed by atoms with Gasteiger partial charge >= 0.3 is 0 Å². The predicted octanol–water partition coefficient (Wildman–Crippen LogP) is 3.91. The first-order valence-corrected chi connectivity index (χ1v) is 8.40. The summed E-state index contributed by atoms with van der Waals surface area (Å²) in [6, 6.07) is 17.7. The van der Waals surface area contributed by atoms with Crippen LogP contribution in [-0.4, -0.2) is 23.6 Å². The van der Waals surface area contributed by atoms with Gasteiger partial charge in [0.1, 0.15) is 6.54 Å². The minimum absolute atomic E-state index is 0.00665. The number of aromatic nitrogens is 1. The van der Waals surface area contributed by atoms with Crippen molar-refractivity contribution in [2.24, 2.45) is 0 Å². The molecule has 1 aromatic heterocycles. The number of nitrogens with zero attached hydrogens (tertiary/aromatic N) is 1. The Labute approximate surface area is 146 Å². The fourth-order valence-corrected chi connectivity index (χ4v) is 2.78. The summed E-state index contributed by atoms with van der Waals surface area (Å²) < 4.78 is 1.92. The Morgan fingerprint density at radius 2 is 1.88 bits per heavy atom. The maximum Gasteiger partial charge on any atom is 0.239 e. The van der Waals surface area contributed by atoms with E-state index in [1.807, 2.05) is 65.4 Å². The molecule has 0 spiro atoms. The van der Waals surface area contributed by atoms with Crippen molar-refractivity contribution in [3.63, 3.8) is 0 Å². The van der Waals surface area contributed by atoms with E-state index in [1.165, 1.54) is 0 Å². The molecule has 0 saturated carbocycles. The van der Waals surface area contributed by atoms with Gasteiger partial charge in [-0.3, -0.25) is 4.79 Å². The molecular formula is C19H20ClN3O. The lowest BCUT2D eigenvalue weighted by atomic mass is 10.2. The summed E-state index contributed by atoms with van der Waals surface area (Å²) in [7, 11) is 0. The van der Waals surface area contributed by atoms with E-state index < -0.39 is 0 Å². The summed E-state index contributed by atoms with van der Waals surface area (Å²) >= 11 is 6.03. The predicted molar refractivity (Wildman–Crippen MR) is 99.5 cm³/mol. The molecule has 0 radical (unpaired) electrons. The molecule has 1 heterocycles. The van der Waals surface area contributed by atoms with Crippen LogP contribution in [0.2, 0.25) is 5.02 Å². The number of fused-ring (bicyclic) bond motifs is 1. The van der Waals surface area contributed by atoms with Gasteiger partial charge < -0.3 is 15.2 Å². The van der Waals surface area contributed by atoms with Gasteiger partial charge in [-0.2, -0.15) is 0 Å². The lowest BCUT2D eigenvalue weighted by Crippen LogP contribution is -2.29. The molecule has 24 heavy (non-hydrogen) atoms. The lowest BCUT2D eigenvalue weighted by molar-refractivity contribution is -0.121. The quantitative estimate of drug-likeness (QED) is 0.640. The van der Waals surface area contributed by atoms with Crippen LogP contribution in [0.5, 0.6) is 0 Å². The van der Waals surface area contributed by atoms with E-state index in [-0.39, 0.29) is 5.91 Å². The normalized spacial score (nSPS) is 10.7. The topological polar surface area (TPSA) is 46.1 Å². The number of carbonyl (C=O) groups excluding carboxylic acids is 1. The number of carbonyl (C=O) groups is 1. The largest absolute Gasteiger partial charge is 0.385 e. The molecular weight excluding hydrogens is 322 g/mol. The number of hydrogen-bond donors (Lipinski definition) is 2. The lowest BCUT2D eigenvalue weighted by Gasteiger charge is -2.09. The van der Waals surface area contributed by atoms with Crippen LogP contribution in [0, 0.1) is 0 Å². The molecule has 1 amide bonds. The molecule has 0 aliphatic rings. The molecule has 0 fully saturated rings. The molecule has 0 aliphatic carbocycles. The first kappa shape index (κ1) is 16.4. The van der Waals surface area contributed by atoms with Gasteiger partial charge in [0.25, 0.3) is 0 Å². The average Bonchev–Trinajstić information content (AvgIpc) is 2.97. The summed E-state index contributed by atoms with van der Waals surface area (Å²) in [6.45, 7) is 1.78. The third kappa shape index (κ3) is 4.30. The minimum atomic E-state index is 0.00665. The van der Waals surface area contributed by atoms with Gasteiger partial charge in [-0.15, -0.1) is 0 Å². The Kier molecular flexibility index (Phi) is 5.39. The highest BCUT2D eigenvalue weighted by molar-refractivity contribution is 6.31. The van der Waals surface area contributed by atoms with Gasteiger partial charge in [0.05, 0.1) is 0 Å². The van der Waals surface area contributed by atoms with Crippen molar-refractivity contribution in [3.05, 3.63) is 65.8 Å². The van der Waals surface area contributed by atoms with Crippen LogP contribution >= 0.6 is 11.6 Å². The second-order valence-corrected chi connectivity index (χ2v) is 6.08. The zero-order chi connectivity index (χ0) is 16.8. The maximum atomic E-state index is 12.1.